The fraction of sp³-hybridized carbons (Fsp3) is 0.500. The minimum atomic E-state index is -4.89. The van der Waals surface area contributed by atoms with Crippen molar-refractivity contribution in [2.24, 2.45) is 0 Å². The molecule has 0 amide bonds. The molecule has 1 aromatic carbocycles. The van der Waals surface area contributed by atoms with E-state index in [1.807, 2.05) is 0 Å². The van der Waals surface area contributed by atoms with Gasteiger partial charge in [0.2, 0.25) is 10.0 Å². The lowest BCUT2D eigenvalue weighted by Gasteiger charge is -2.29. The van der Waals surface area contributed by atoms with Crippen LogP contribution in [0, 0.1) is 0 Å². The van der Waals surface area contributed by atoms with Crippen LogP contribution in [0.25, 0.3) is 0 Å². The van der Waals surface area contributed by atoms with Crippen molar-refractivity contribution >= 4 is 10.0 Å². The van der Waals surface area contributed by atoms with Gasteiger partial charge in [-0.1, -0.05) is 6.07 Å². The lowest BCUT2D eigenvalue weighted by atomic mass is 10.1. The summed E-state index contributed by atoms with van der Waals surface area (Å²) < 4.78 is 65.9. The van der Waals surface area contributed by atoms with E-state index in [1.54, 1.807) is 0 Å². The number of aliphatic hydroxyl groups is 1. The number of nitrogens with zero attached hydrogens (tertiary/aromatic N) is 1. The molecule has 0 radical (unpaired) electrons. The molecular formula is C12H14F3NO4S. The molecule has 118 valence electrons. The molecule has 0 saturated carbocycles. The van der Waals surface area contributed by atoms with E-state index in [0.717, 1.165) is 16.4 Å². The average Bonchev–Trinajstić information content (AvgIpc) is 2.37. The molecule has 1 atom stereocenters. The van der Waals surface area contributed by atoms with Crippen molar-refractivity contribution in [3.8, 4) is 5.75 Å². The Morgan fingerprint density at radius 3 is 2.67 bits per heavy atom. The number of ether oxygens (including phenoxy) is 1. The van der Waals surface area contributed by atoms with Gasteiger partial charge in [-0.3, -0.25) is 0 Å². The van der Waals surface area contributed by atoms with Crippen molar-refractivity contribution < 1.29 is 31.4 Å². The minimum absolute atomic E-state index is 0.0628. The first-order chi connectivity index (χ1) is 9.68. The molecule has 21 heavy (non-hydrogen) atoms. The number of β-amino-alcohol motifs (C(OH)–C–C–N with tert-alkyl or cyclic N) is 1. The number of aliphatic hydroxyl groups excluding tert-OH is 1. The second-order valence-electron chi connectivity index (χ2n) is 4.68. The predicted molar refractivity (Wildman–Crippen MR) is 67.1 cm³/mol. The van der Waals surface area contributed by atoms with Gasteiger partial charge in [0.1, 0.15) is 5.75 Å². The van der Waals surface area contributed by atoms with Crippen LogP contribution in [0.1, 0.15) is 12.8 Å². The van der Waals surface area contributed by atoms with E-state index in [4.69, 9.17) is 0 Å². The third-order valence-corrected chi connectivity index (χ3v) is 4.90. The van der Waals surface area contributed by atoms with Crippen molar-refractivity contribution in [1.29, 1.82) is 0 Å². The van der Waals surface area contributed by atoms with Gasteiger partial charge in [0.25, 0.3) is 0 Å². The van der Waals surface area contributed by atoms with Crippen LogP contribution in [0.4, 0.5) is 13.2 Å². The fourth-order valence-corrected chi connectivity index (χ4v) is 3.67. The first kappa shape index (κ1) is 16.1. The SMILES string of the molecule is O=S(=O)(c1cccc(OC(F)(F)F)c1)N1CCC[C@H](O)C1. The van der Waals surface area contributed by atoms with Gasteiger partial charge in [-0.15, -0.1) is 13.2 Å². The second-order valence-corrected chi connectivity index (χ2v) is 6.62. The fourth-order valence-electron chi connectivity index (χ4n) is 2.12. The van der Waals surface area contributed by atoms with Gasteiger partial charge >= 0.3 is 6.36 Å². The molecule has 1 saturated heterocycles. The third-order valence-electron chi connectivity index (χ3n) is 3.04. The third kappa shape index (κ3) is 4.08. The normalized spacial score (nSPS) is 21.2. The Hall–Kier alpha value is -1.32. The van der Waals surface area contributed by atoms with E-state index in [1.165, 1.54) is 12.1 Å². The summed E-state index contributed by atoms with van der Waals surface area (Å²) in [6.45, 7) is 0.163. The monoisotopic (exact) mass is 325 g/mol. The number of benzene rings is 1. The van der Waals surface area contributed by atoms with Gasteiger partial charge in [-0.2, -0.15) is 4.31 Å². The molecule has 1 fully saturated rings. The zero-order valence-electron chi connectivity index (χ0n) is 10.9. The highest BCUT2D eigenvalue weighted by Crippen LogP contribution is 2.27. The zero-order valence-corrected chi connectivity index (χ0v) is 11.7. The molecule has 5 nitrogen and oxygen atoms in total. The summed E-state index contributed by atoms with van der Waals surface area (Å²) >= 11 is 0. The summed E-state index contributed by atoms with van der Waals surface area (Å²) in [5.41, 5.74) is 0. The van der Waals surface area contributed by atoms with Crippen LogP contribution in [-0.2, 0) is 10.0 Å². The molecule has 0 unspecified atom stereocenters. The van der Waals surface area contributed by atoms with Crippen LogP contribution in [0.5, 0.6) is 5.75 Å². The van der Waals surface area contributed by atoms with Gasteiger partial charge in [0.15, 0.2) is 0 Å². The Kier molecular flexibility index (Phi) is 4.45. The molecule has 2 rings (SSSR count). The number of halogens is 3. The van der Waals surface area contributed by atoms with Crippen molar-refractivity contribution in [2.75, 3.05) is 13.1 Å². The van der Waals surface area contributed by atoms with Crippen LogP contribution in [0.15, 0.2) is 29.2 Å². The molecule has 0 spiro atoms. The molecule has 0 bridgehead atoms. The topological polar surface area (TPSA) is 66.8 Å². The minimum Gasteiger partial charge on any atom is -0.406 e. The van der Waals surface area contributed by atoms with Crippen molar-refractivity contribution in [1.82, 2.24) is 4.31 Å². The quantitative estimate of drug-likeness (QED) is 0.919. The van der Waals surface area contributed by atoms with Crippen molar-refractivity contribution in [2.45, 2.75) is 30.2 Å². The summed E-state index contributed by atoms with van der Waals surface area (Å²) in [7, 11) is -3.95. The standard InChI is InChI=1S/C12H14F3NO4S/c13-12(14,15)20-10-4-1-5-11(7-10)21(18,19)16-6-2-3-9(17)8-16/h1,4-5,7,9,17H,2-3,6,8H2/t9-/m0/s1. The van der Waals surface area contributed by atoms with Crippen LogP contribution < -0.4 is 4.74 Å². The van der Waals surface area contributed by atoms with Gasteiger partial charge in [0.05, 0.1) is 11.0 Å². The zero-order chi connectivity index (χ0) is 15.7. The summed E-state index contributed by atoms with van der Waals surface area (Å²) in [5.74, 6) is -0.596. The maximum atomic E-state index is 12.3. The first-order valence-electron chi connectivity index (χ1n) is 6.22. The lowest BCUT2D eigenvalue weighted by molar-refractivity contribution is -0.274. The molecule has 1 aromatic rings. The molecule has 9 heteroatoms. The van der Waals surface area contributed by atoms with Gasteiger partial charge < -0.3 is 9.84 Å². The van der Waals surface area contributed by atoms with Crippen LogP contribution in [0.2, 0.25) is 0 Å². The van der Waals surface area contributed by atoms with Crippen LogP contribution in [0.3, 0.4) is 0 Å². The van der Waals surface area contributed by atoms with Gasteiger partial charge in [0, 0.05) is 19.2 Å². The van der Waals surface area contributed by atoms with Crippen molar-refractivity contribution in [3.63, 3.8) is 0 Å². The average molecular weight is 325 g/mol. The Morgan fingerprint density at radius 2 is 2.05 bits per heavy atom. The molecular weight excluding hydrogens is 311 g/mol. The summed E-state index contributed by atoms with van der Waals surface area (Å²) in [4.78, 5) is -0.293. The molecule has 1 heterocycles. The molecule has 0 aromatic heterocycles. The number of alkyl halides is 3. The summed E-state index contributed by atoms with van der Waals surface area (Å²) in [6, 6.07) is 4.22. The van der Waals surface area contributed by atoms with Gasteiger partial charge in [-0.05, 0) is 25.0 Å². The largest absolute Gasteiger partial charge is 0.573 e. The number of rotatable bonds is 3. The van der Waals surface area contributed by atoms with Crippen molar-refractivity contribution in [3.05, 3.63) is 24.3 Å². The van der Waals surface area contributed by atoms with E-state index in [-0.39, 0.29) is 18.0 Å². The maximum Gasteiger partial charge on any atom is 0.573 e. The lowest BCUT2D eigenvalue weighted by Crippen LogP contribution is -2.42. The number of piperidine rings is 1. The van der Waals surface area contributed by atoms with Crippen LogP contribution >= 0.6 is 0 Å². The first-order valence-corrected chi connectivity index (χ1v) is 7.66. The van der Waals surface area contributed by atoms with E-state index >= 15 is 0 Å². The van der Waals surface area contributed by atoms with E-state index in [9.17, 15) is 26.7 Å². The molecule has 0 aliphatic carbocycles. The molecule has 1 N–H and O–H groups in total. The highest BCUT2D eigenvalue weighted by atomic mass is 32.2. The second kappa shape index (κ2) is 5.82. The Morgan fingerprint density at radius 1 is 1.33 bits per heavy atom. The highest BCUT2D eigenvalue weighted by molar-refractivity contribution is 7.89. The molecule has 1 aliphatic heterocycles. The van der Waals surface area contributed by atoms with E-state index < -0.39 is 28.2 Å². The Bertz CT molecular complexity index is 603. The number of hydrogen-bond donors (Lipinski definition) is 1. The highest BCUT2D eigenvalue weighted by Gasteiger charge is 2.33. The number of hydrogen-bond acceptors (Lipinski definition) is 4. The van der Waals surface area contributed by atoms with Gasteiger partial charge in [-0.25, -0.2) is 8.42 Å². The number of sulfonamides is 1. The Labute approximate surface area is 120 Å². The smallest absolute Gasteiger partial charge is 0.406 e. The van der Waals surface area contributed by atoms with E-state index in [0.29, 0.717) is 12.8 Å². The summed E-state index contributed by atoms with van der Waals surface area (Å²) in [6.07, 6.45) is -4.64. The summed E-state index contributed by atoms with van der Waals surface area (Å²) in [5, 5.41) is 9.52. The van der Waals surface area contributed by atoms with E-state index in [2.05, 4.69) is 4.74 Å². The predicted octanol–water partition coefficient (Wildman–Crippen LogP) is 1.73. The molecule has 1 aliphatic rings. The Balaban J connectivity index is 2.26. The van der Waals surface area contributed by atoms with Crippen LogP contribution in [-0.4, -0.2) is 43.4 Å². The maximum absolute atomic E-state index is 12.3.